The minimum atomic E-state index is -2.29. The Morgan fingerprint density at radius 2 is 0.767 bits per heavy atom. The van der Waals surface area contributed by atoms with Gasteiger partial charge in [0.05, 0.1) is 0 Å². The summed E-state index contributed by atoms with van der Waals surface area (Å²) in [7, 11) is -6.84. The van der Waals surface area contributed by atoms with Crippen molar-refractivity contribution in [1.29, 1.82) is 0 Å². The molecule has 0 N–H and O–H groups in total. The molecule has 2 atom stereocenters. The highest BCUT2D eigenvalue weighted by molar-refractivity contribution is 7.83. The first-order valence-electron chi connectivity index (χ1n) is 18.5. The number of rotatable bonds is 9. The van der Waals surface area contributed by atoms with Gasteiger partial charge in [-0.3, -0.25) is 0 Å². The Balaban J connectivity index is 1.45. The Labute approximate surface area is 264 Å². The Kier molecular flexibility index (Phi) is 10.3. The molecular formula is C31H62N9P3. The molecule has 0 spiro atoms. The highest BCUT2D eigenvalue weighted by Gasteiger charge is 2.53. The maximum Gasteiger partial charge on any atom is 0.221 e. The van der Waals surface area contributed by atoms with Gasteiger partial charge in [-0.25, -0.2) is 28.0 Å². The largest absolute Gasteiger partial charge is 0.240 e. The molecule has 0 aromatic carbocycles. The summed E-state index contributed by atoms with van der Waals surface area (Å²) in [4.78, 5) is 0. The Morgan fingerprint density at radius 3 is 1.09 bits per heavy atom. The molecule has 2 unspecified atom stereocenters. The molecular weight excluding hydrogens is 591 g/mol. The molecule has 246 valence electrons. The minimum absolute atomic E-state index is 0.821. The third kappa shape index (κ3) is 6.13. The van der Waals surface area contributed by atoms with E-state index in [9.17, 15) is 0 Å². The summed E-state index contributed by atoms with van der Waals surface area (Å²) in [6, 6.07) is 0. The SMILES string of the molecule is CCCCC1CCN(P2(N3CCCC3)=NP(N3CCCC3)(N3CCCC3)=NP(N3CCCC3)(N3CCC(C)CC3)=N2)CC1. The summed E-state index contributed by atoms with van der Waals surface area (Å²) in [5.74, 6) is 1.71. The molecule has 7 rings (SSSR count). The fraction of sp³-hybridized carbons (Fsp3) is 1.00. The van der Waals surface area contributed by atoms with Crippen molar-refractivity contribution in [2.24, 2.45) is 25.4 Å². The highest BCUT2D eigenvalue weighted by Crippen LogP contribution is 2.84. The van der Waals surface area contributed by atoms with Crippen molar-refractivity contribution >= 4 is 22.5 Å². The summed E-state index contributed by atoms with van der Waals surface area (Å²) in [5.41, 5.74) is 0. The number of hydrogen-bond acceptors (Lipinski definition) is 9. The summed E-state index contributed by atoms with van der Waals surface area (Å²) in [6.07, 6.45) is 19.9. The van der Waals surface area contributed by atoms with Crippen LogP contribution in [0.3, 0.4) is 0 Å². The van der Waals surface area contributed by atoms with Gasteiger partial charge in [-0.1, -0.05) is 33.1 Å². The second-order valence-electron chi connectivity index (χ2n) is 14.7. The molecule has 0 amide bonds. The molecule has 7 aliphatic rings. The third-order valence-electron chi connectivity index (χ3n) is 11.6. The van der Waals surface area contributed by atoms with Gasteiger partial charge in [-0.15, -0.1) is 0 Å². The van der Waals surface area contributed by atoms with Crippen molar-refractivity contribution in [3.63, 3.8) is 0 Å². The lowest BCUT2D eigenvalue weighted by Gasteiger charge is -2.53. The van der Waals surface area contributed by atoms with Gasteiger partial charge in [0, 0.05) is 78.5 Å². The van der Waals surface area contributed by atoms with Crippen LogP contribution in [0.4, 0.5) is 0 Å². The van der Waals surface area contributed by atoms with Gasteiger partial charge in [0.2, 0.25) is 22.5 Å². The van der Waals surface area contributed by atoms with E-state index in [0.29, 0.717) is 0 Å². The van der Waals surface area contributed by atoms with Crippen molar-refractivity contribution in [2.45, 2.75) is 110 Å². The zero-order valence-corrected chi connectivity index (χ0v) is 30.3. The van der Waals surface area contributed by atoms with E-state index < -0.39 is 22.5 Å². The molecule has 12 heteroatoms. The van der Waals surface area contributed by atoms with Crippen molar-refractivity contribution in [2.75, 3.05) is 78.5 Å². The average molecular weight is 654 g/mol. The fourth-order valence-electron chi connectivity index (χ4n) is 8.86. The van der Waals surface area contributed by atoms with E-state index in [1.165, 1.54) is 175 Å². The summed E-state index contributed by atoms with van der Waals surface area (Å²) >= 11 is 0. The van der Waals surface area contributed by atoms with Crippen LogP contribution in [-0.2, 0) is 0 Å². The first kappa shape index (κ1) is 32.0. The molecule has 0 aromatic rings. The summed E-state index contributed by atoms with van der Waals surface area (Å²) < 4.78 is 36.7. The zero-order chi connectivity index (χ0) is 29.3. The first-order valence-corrected chi connectivity index (χ1v) is 23.3. The maximum absolute atomic E-state index is 6.47. The Bertz CT molecular complexity index is 1080. The Hall–Kier alpha value is 0.450. The molecule has 6 fully saturated rings. The van der Waals surface area contributed by atoms with Gasteiger partial charge in [-0.05, 0) is 88.9 Å². The molecule has 7 heterocycles. The van der Waals surface area contributed by atoms with Crippen LogP contribution < -0.4 is 0 Å². The van der Waals surface area contributed by atoms with E-state index in [-0.39, 0.29) is 0 Å². The van der Waals surface area contributed by atoms with E-state index in [2.05, 4.69) is 41.9 Å². The van der Waals surface area contributed by atoms with Crippen LogP contribution in [0.15, 0.2) is 13.5 Å². The van der Waals surface area contributed by atoms with Gasteiger partial charge >= 0.3 is 0 Å². The van der Waals surface area contributed by atoms with E-state index in [1.54, 1.807) is 0 Å². The molecule has 0 bridgehead atoms. The van der Waals surface area contributed by atoms with Crippen LogP contribution in [0.2, 0.25) is 0 Å². The standard InChI is InChI=1S/C31H62N9P3/c1-3-4-13-31-16-28-40(29-17-31)43(38-24-11-12-25-38)33-41(35-18-5-6-19-35,36-20-7-8-21-36)32-42(34-43,37-22-9-10-23-37)39-26-14-30(2)15-27-39/h30-31H,3-29H2,1-2H3. The molecule has 9 nitrogen and oxygen atoms in total. The average Bonchev–Trinajstić information content (AvgIpc) is 3.88. The van der Waals surface area contributed by atoms with Crippen LogP contribution in [0.1, 0.15) is 110 Å². The zero-order valence-electron chi connectivity index (χ0n) is 27.6. The van der Waals surface area contributed by atoms with E-state index in [4.69, 9.17) is 13.5 Å². The molecule has 0 aromatic heterocycles. The molecule has 0 radical (unpaired) electrons. The van der Waals surface area contributed by atoms with Gasteiger partial charge in [0.1, 0.15) is 0 Å². The summed E-state index contributed by atoms with van der Waals surface area (Å²) in [6.45, 7) is 19.1. The maximum atomic E-state index is 6.47. The van der Waals surface area contributed by atoms with E-state index in [0.717, 1.165) is 11.8 Å². The number of unbranched alkanes of at least 4 members (excludes halogenated alkanes) is 1. The topological polar surface area (TPSA) is 56.5 Å². The molecule has 43 heavy (non-hydrogen) atoms. The van der Waals surface area contributed by atoms with Crippen LogP contribution in [0.5, 0.6) is 0 Å². The molecule has 0 saturated carbocycles. The predicted molar refractivity (Wildman–Crippen MR) is 185 cm³/mol. The lowest BCUT2D eigenvalue weighted by Crippen LogP contribution is -2.40. The lowest BCUT2D eigenvalue weighted by molar-refractivity contribution is 0.256. The van der Waals surface area contributed by atoms with Crippen molar-refractivity contribution in [3.05, 3.63) is 0 Å². The molecule has 7 aliphatic heterocycles. The van der Waals surface area contributed by atoms with Crippen LogP contribution in [0.25, 0.3) is 0 Å². The monoisotopic (exact) mass is 653 g/mol. The quantitative estimate of drug-likeness (QED) is 0.232. The number of hydrogen-bond donors (Lipinski definition) is 0. The fourth-order valence-corrected chi connectivity index (χ4v) is 25.4. The predicted octanol–water partition coefficient (Wildman–Crippen LogP) is 8.86. The molecule has 0 aliphatic carbocycles. The highest BCUT2D eigenvalue weighted by atomic mass is 31.3. The van der Waals surface area contributed by atoms with E-state index in [1.807, 2.05) is 0 Å². The normalized spacial score (nSPS) is 36.7. The summed E-state index contributed by atoms with van der Waals surface area (Å²) in [5, 5.41) is 0. The van der Waals surface area contributed by atoms with Crippen LogP contribution >= 0.6 is 22.5 Å². The minimum Gasteiger partial charge on any atom is -0.240 e. The van der Waals surface area contributed by atoms with E-state index >= 15 is 0 Å². The number of nitrogens with zero attached hydrogens (tertiary/aromatic N) is 9. The second kappa shape index (κ2) is 13.9. The van der Waals surface area contributed by atoms with Crippen molar-refractivity contribution in [3.8, 4) is 0 Å². The molecule has 6 saturated heterocycles. The lowest BCUT2D eigenvalue weighted by atomic mass is 9.93. The van der Waals surface area contributed by atoms with Gasteiger partial charge < -0.3 is 0 Å². The van der Waals surface area contributed by atoms with Crippen LogP contribution in [0, 0.1) is 11.8 Å². The van der Waals surface area contributed by atoms with Crippen LogP contribution in [-0.4, -0.2) is 107 Å². The van der Waals surface area contributed by atoms with Crippen molar-refractivity contribution < 1.29 is 0 Å². The smallest absolute Gasteiger partial charge is 0.221 e. The first-order chi connectivity index (χ1) is 21.1. The Morgan fingerprint density at radius 1 is 0.465 bits per heavy atom. The van der Waals surface area contributed by atoms with Crippen molar-refractivity contribution in [1.82, 2.24) is 28.0 Å². The third-order valence-corrected chi connectivity index (χ3v) is 24.4. The number of piperidine rings is 2. The second-order valence-corrected chi connectivity index (χ2v) is 23.5. The van der Waals surface area contributed by atoms with Gasteiger partial charge in [-0.2, -0.15) is 13.5 Å². The van der Waals surface area contributed by atoms with Gasteiger partial charge in [0.15, 0.2) is 0 Å². The van der Waals surface area contributed by atoms with Gasteiger partial charge in [0.25, 0.3) is 0 Å².